The minimum Gasteiger partial charge on any atom is -0.506 e. The molecule has 0 fully saturated rings. The van der Waals surface area contributed by atoms with Gasteiger partial charge in [0.15, 0.2) is 0 Å². The molecule has 2 N–H and O–H groups in total. The maximum atomic E-state index is 11.0. The van der Waals surface area contributed by atoms with Gasteiger partial charge in [-0.3, -0.25) is 4.79 Å². The number of hydrogen-bond acceptors (Lipinski definition) is 2. The fourth-order valence-corrected chi connectivity index (χ4v) is 1.38. The van der Waals surface area contributed by atoms with Gasteiger partial charge in [0.25, 0.3) is 0 Å². The van der Waals surface area contributed by atoms with Crippen molar-refractivity contribution >= 4 is 10.9 Å². The Kier molecular flexibility index (Phi) is 1.59. The van der Waals surface area contributed by atoms with Crippen LogP contribution in [0, 0.1) is 6.92 Å². The Labute approximate surface area is 74.7 Å². The van der Waals surface area contributed by atoms with Gasteiger partial charge in [0.2, 0.25) is 5.56 Å². The second kappa shape index (κ2) is 2.62. The average Bonchev–Trinajstić information content (AvgIpc) is 2.12. The van der Waals surface area contributed by atoms with E-state index in [4.69, 9.17) is 0 Å². The average molecular weight is 175 g/mol. The minimum absolute atomic E-state index is 0.110. The number of hydrogen-bond donors (Lipinski definition) is 2. The van der Waals surface area contributed by atoms with Crippen LogP contribution < -0.4 is 5.56 Å². The Hall–Kier alpha value is -1.77. The van der Waals surface area contributed by atoms with E-state index in [9.17, 15) is 9.90 Å². The molecular formula is C10H9NO2. The smallest absolute Gasteiger partial charge is 0.248 e. The van der Waals surface area contributed by atoms with Crippen molar-refractivity contribution in [1.29, 1.82) is 0 Å². The quantitative estimate of drug-likeness (QED) is 0.638. The highest BCUT2D eigenvalue weighted by atomic mass is 16.3. The number of pyridine rings is 1. The zero-order chi connectivity index (χ0) is 9.42. The van der Waals surface area contributed by atoms with E-state index in [0.717, 1.165) is 10.9 Å². The summed E-state index contributed by atoms with van der Waals surface area (Å²) in [5, 5.41) is 10.3. The molecule has 0 bridgehead atoms. The number of rotatable bonds is 0. The summed E-state index contributed by atoms with van der Waals surface area (Å²) in [5.41, 5.74) is 1.34. The van der Waals surface area contributed by atoms with Crippen LogP contribution >= 0.6 is 0 Å². The number of aromatic nitrogens is 1. The first kappa shape index (κ1) is 7.86. The normalized spacial score (nSPS) is 10.5. The number of aromatic hydroxyl groups is 1. The van der Waals surface area contributed by atoms with Crippen LogP contribution in [0.15, 0.2) is 29.1 Å². The number of phenolic OH excluding ortho intramolecular Hbond substituents is 1. The number of H-pyrrole nitrogens is 1. The summed E-state index contributed by atoms with van der Waals surface area (Å²) in [5.74, 6) is 0.110. The first-order chi connectivity index (χ1) is 6.18. The van der Waals surface area contributed by atoms with Crippen molar-refractivity contribution < 1.29 is 5.11 Å². The van der Waals surface area contributed by atoms with Gasteiger partial charge in [0.1, 0.15) is 5.75 Å². The molecule has 0 saturated carbocycles. The predicted octanol–water partition coefficient (Wildman–Crippen LogP) is 1.54. The van der Waals surface area contributed by atoms with E-state index in [1.165, 1.54) is 6.07 Å². The molecule has 1 aromatic carbocycles. The third-order valence-electron chi connectivity index (χ3n) is 2.09. The molecule has 3 heteroatoms. The number of benzene rings is 1. The highest BCUT2D eigenvalue weighted by Crippen LogP contribution is 2.23. The Morgan fingerprint density at radius 3 is 2.77 bits per heavy atom. The van der Waals surface area contributed by atoms with Gasteiger partial charge < -0.3 is 10.1 Å². The lowest BCUT2D eigenvalue weighted by atomic mass is 10.1. The van der Waals surface area contributed by atoms with Crippen molar-refractivity contribution in [3.8, 4) is 5.75 Å². The third-order valence-corrected chi connectivity index (χ3v) is 2.09. The molecule has 0 amide bonds. The van der Waals surface area contributed by atoms with Crippen molar-refractivity contribution in [1.82, 2.24) is 4.98 Å². The maximum Gasteiger partial charge on any atom is 0.248 e. The molecule has 0 aliphatic carbocycles. The van der Waals surface area contributed by atoms with E-state index in [-0.39, 0.29) is 11.3 Å². The molecule has 66 valence electrons. The van der Waals surface area contributed by atoms with Gasteiger partial charge in [-0.2, -0.15) is 0 Å². The molecule has 0 atom stereocenters. The summed E-state index contributed by atoms with van der Waals surface area (Å²) in [6.45, 7) is 1.93. The van der Waals surface area contributed by atoms with Crippen LogP contribution in [0.3, 0.4) is 0 Å². The number of nitrogens with one attached hydrogen (secondary N) is 1. The second-order valence-electron chi connectivity index (χ2n) is 3.01. The largest absolute Gasteiger partial charge is 0.506 e. The number of aromatic amines is 1. The molecule has 3 nitrogen and oxygen atoms in total. The van der Waals surface area contributed by atoms with Gasteiger partial charge in [-0.15, -0.1) is 0 Å². The molecule has 2 aromatic rings. The van der Waals surface area contributed by atoms with Crippen molar-refractivity contribution in [3.63, 3.8) is 0 Å². The van der Waals surface area contributed by atoms with Crippen LogP contribution in [0.1, 0.15) is 5.56 Å². The van der Waals surface area contributed by atoms with Gasteiger partial charge in [-0.05, 0) is 24.6 Å². The standard InChI is InChI=1S/C10H9NO2/c1-6-2-4-8(12)10-7(6)3-5-9(13)11-10/h2-5,12H,1H3,(H,11,13). The molecule has 0 spiro atoms. The van der Waals surface area contributed by atoms with Crippen LogP contribution in [-0.2, 0) is 0 Å². The zero-order valence-electron chi connectivity index (χ0n) is 7.16. The lowest BCUT2D eigenvalue weighted by molar-refractivity contribution is 0.480. The molecule has 0 radical (unpaired) electrons. The van der Waals surface area contributed by atoms with E-state index in [1.807, 2.05) is 13.0 Å². The third kappa shape index (κ3) is 1.18. The first-order valence-electron chi connectivity index (χ1n) is 4.00. The van der Waals surface area contributed by atoms with Crippen LogP contribution in [0.2, 0.25) is 0 Å². The van der Waals surface area contributed by atoms with E-state index >= 15 is 0 Å². The molecule has 1 heterocycles. The number of aryl methyl sites for hydroxylation is 1. The summed E-state index contributed by atoms with van der Waals surface area (Å²) in [4.78, 5) is 13.6. The first-order valence-corrected chi connectivity index (χ1v) is 4.00. The minimum atomic E-state index is -0.201. The number of phenols is 1. The van der Waals surface area contributed by atoms with E-state index < -0.39 is 0 Å². The van der Waals surface area contributed by atoms with Gasteiger partial charge >= 0.3 is 0 Å². The molecule has 0 aliphatic heterocycles. The zero-order valence-corrected chi connectivity index (χ0v) is 7.16. The van der Waals surface area contributed by atoms with E-state index in [2.05, 4.69) is 4.98 Å². The SMILES string of the molecule is Cc1ccc(O)c2[nH]c(=O)ccc12. The maximum absolute atomic E-state index is 11.0. The Morgan fingerprint density at radius 1 is 1.23 bits per heavy atom. The fraction of sp³-hybridized carbons (Fsp3) is 0.100. The van der Waals surface area contributed by atoms with Crippen molar-refractivity contribution in [2.75, 3.05) is 0 Å². The van der Waals surface area contributed by atoms with Crippen LogP contribution in [-0.4, -0.2) is 10.1 Å². The van der Waals surface area contributed by atoms with Crippen LogP contribution in [0.25, 0.3) is 10.9 Å². The van der Waals surface area contributed by atoms with E-state index in [0.29, 0.717) is 5.52 Å². The highest BCUT2D eigenvalue weighted by Gasteiger charge is 2.01. The summed E-state index contributed by atoms with van der Waals surface area (Å²) in [6.07, 6.45) is 0. The molecule has 1 aromatic heterocycles. The Morgan fingerprint density at radius 2 is 2.00 bits per heavy atom. The molecule has 0 aliphatic rings. The topological polar surface area (TPSA) is 53.1 Å². The van der Waals surface area contributed by atoms with Crippen molar-refractivity contribution in [3.05, 3.63) is 40.2 Å². The Balaban J connectivity index is 3.00. The van der Waals surface area contributed by atoms with E-state index in [1.54, 1.807) is 12.1 Å². The second-order valence-corrected chi connectivity index (χ2v) is 3.01. The van der Waals surface area contributed by atoms with Gasteiger partial charge in [-0.1, -0.05) is 6.07 Å². The lowest BCUT2D eigenvalue weighted by Crippen LogP contribution is -2.02. The monoisotopic (exact) mass is 175 g/mol. The molecule has 13 heavy (non-hydrogen) atoms. The summed E-state index contributed by atoms with van der Waals surface area (Å²) in [6, 6.07) is 6.56. The summed E-state index contributed by atoms with van der Waals surface area (Å²) < 4.78 is 0. The van der Waals surface area contributed by atoms with Crippen LogP contribution in [0.4, 0.5) is 0 Å². The highest BCUT2D eigenvalue weighted by molar-refractivity contribution is 5.86. The van der Waals surface area contributed by atoms with Gasteiger partial charge in [0.05, 0.1) is 5.52 Å². The van der Waals surface area contributed by atoms with Crippen LogP contribution in [0.5, 0.6) is 5.75 Å². The van der Waals surface area contributed by atoms with Gasteiger partial charge in [-0.25, -0.2) is 0 Å². The summed E-state index contributed by atoms with van der Waals surface area (Å²) >= 11 is 0. The summed E-state index contributed by atoms with van der Waals surface area (Å²) in [7, 11) is 0. The molecular weight excluding hydrogens is 166 g/mol. The fourth-order valence-electron chi connectivity index (χ4n) is 1.38. The molecule has 2 rings (SSSR count). The van der Waals surface area contributed by atoms with Crippen molar-refractivity contribution in [2.45, 2.75) is 6.92 Å². The number of fused-ring (bicyclic) bond motifs is 1. The molecule has 0 unspecified atom stereocenters. The van der Waals surface area contributed by atoms with Crippen molar-refractivity contribution in [2.24, 2.45) is 0 Å². The van der Waals surface area contributed by atoms with Gasteiger partial charge in [0, 0.05) is 11.5 Å². The lowest BCUT2D eigenvalue weighted by Gasteiger charge is -2.02. The molecule has 0 saturated heterocycles. The predicted molar refractivity (Wildman–Crippen MR) is 51.0 cm³/mol. The Bertz CT molecular complexity index is 514.